The van der Waals surface area contributed by atoms with Crippen LogP contribution in [-0.2, 0) is 6.54 Å². The van der Waals surface area contributed by atoms with Gasteiger partial charge in [-0.1, -0.05) is 23.7 Å². The Morgan fingerprint density at radius 1 is 1.10 bits per heavy atom. The minimum Gasteiger partial charge on any atom is -0.381 e. The zero-order valence-electron chi connectivity index (χ0n) is 11.8. The Morgan fingerprint density at radius 3 is 2.62 bits per heavy atom. The van der Waals surface area contributed by atoms with Crippen molar-refractivity contribution in [3.05, 3.63) is 58.9 Å². The van der Waals surface area contributed by atoms with E-state index in [0.29, 0.717) is 17.1 Å². The smallest absolute Gasteiger partial charge is 0.129 e. The normalized spacial score (nSPS) is 14.5. The first-order valence-corrected chi connectivity index (χ1v) is 7.63. The Kier molecular flexibility index (Phi) is 4.30. The minimum atomic E-state index is -0.273. The van der Waals surface area contributed by atoms with Crippen LogP contribution < -0.4 is 10.2 Å². The molecule has 2 aromatic rings. The molecule has 1 heterocycles. The lowest BCUT2D eigenvalue weighted by Crippen LogP contribution is -2.17. The molecule has 3 rings (SSSR count). The number of hydrogen-bond acceptors (Lipinski definition) is 2. The summed E-state index contributed by atoms with van der Waals surface area (Å²) in [6.45, 7) is 2.61. The maximum absolute atomic E-state index is 13.7. The molecule has 1 fully saturated rings. The van der Waals surface area contributed by atoms with Crippen molar-refractivity contribution in [2.75, 3.05) is 23.3 Å². The number of nitrogens with one attached hydrogen (secondary N) is 1. The van der Waals surface area contributed by atoms with Gasteiger partial charge in [0.1, 0.15) is 5.82 Å². The van der Waals surface area contributed by atoms with Gasteiger partial charge in [-0.2, -0.15) is 0 Å². The van der Waals surface area contributed by atoms with Gasteiger partial charge in [-0.25, -0.2) is 4.39 Å². The number of anilines is 2. The molecular formula is C17H18ClFN2. The molecule has 21 heavy (non-hydrogen) atoms. The topological polar surface area (TPSA) is 15.3 Å². The quantitative estimate of drug-likeness (QED) is 0.881. The summed E-state index contributed by atoms with van der Waals surface area (Å²) in [6.07, 6.45) is 2.50. The first kappa shape index (κ1) is 14.2. The summed E-state index contributed by atoms with van der Waals surface area (Å²) in [5.74, 6) is -0.273. The van der Waals surface area contributed by atoms with Gasteiger partial charge in [0, 0.05) is 41.6 Å². The second-order valence-electron chi connectivity index (χ2n) is 5.30. The summed E-state index contributed by atoms with van der Waals surface area (Å²) in [5.41, 5.74) is 2.71. The van der Waals surface area contributed by atoms with Crippen LogP contribution in [0.4, 0.5) is 15.8 Å². The van der Waals surface area contributed by atoms with E-state index in [4.69, 9.17) is 11.6 Å². The van der Waals surface area contributed by atoms with Crippen molar-refractivity contribution in [2.24, 2.45) is 0 Å². The van der Waals surface area contributed by atoms with Crippen molar-refractivity contribution in [2.45, 2.75) is 19.4 Å². The predicted molar refractivity (Wildman–Crippen MR) is 86.6 cm³/mol. The van der Waals surface area contributed by atoms with Crippen molar-refractivity contribution in [1.29, 1.82) is 0 Å². The molecule has 2 nitrogen and oxygen atoms in total. The molecule has 4 heteroatoms. The molecule has 1 N–H and O–H groups in total. The van der Waals surface area contributed by atoms with E-state index >= 15 is 0 Å². The molecule has 110 valence electrons. The molecule has 1 aliphatic rings. The van der Waals surface area contributed by atoms with Crippen molar-refractivity contribution < 1.29 is 4.39 Å². The Hall–Kier alpha value is -1.74. The maximum atomic E-state index is 13.7. The lowest BCUT2D eigenvalue weighted by Gasteiger charge is -2.19. The molecule has 0 unspecified atom stereocenters. The minimum absolute atomic E-state index is 0.273. The fraction of sp³-hybridized carbons (Fsp3) is 0.294. The van der Waals surface area contributed by atoms with E-state index in [0.717, 1.165) is 18.8 Å². The van der Waals surface area contributed by atoms with Crippen LogP contribution in [0.25, 0.3) is 0 Å². The third kappa shape index (κ3) is 3.30. The molecule has 0 atom stereocenters. The van der Waals surface area contributed by atoms with Crippen molar-refractivity contribution in [3.8, 4) is 0 Å². The molecule has 0 aromatic heterocycles. The maximum Gasteiger partial charge on any atom is 0.129 e. The van der Waals surface area contributed by atoms with Crippen molar-refractivity contribution in [1.82, 2.24) is 0 Å². The van der Waals surface area contributed by atoms with Crippen LogP contribution in [0, 0.1) is 5.82 Å². The fourth-order valence-corrected chi connectivity index (χ4v) is 2.91. The Labute approximate surface area is 129 Å². The zero-order chi connectivity index (χ0) is 14.7. The van der Waals surface area contributed by atoms with Gasteiger partial charge in [-0.3, -0.25) is 0 Å². The highest BCUT2D eigenvalue weighted by Gasteiger charge is 2.12. The SMILES string of the molecule is Fc1cccc(Cl)c1CNc1cccc(N2CCCC2)c1. The average Bonchev–Trinajstić information content (AvgIpc) is 3.01. The Balaban J connectivity index is 1.72. The van der Waals surface area contributed by atoms with Gasteiger partial charge in [-0.15, -0.1) is 0 Å². The van der Waals surface area contributed by atoms with Gasteiger partial charge in [-0.05, 0) is 43.2 Å². The first-order valence-electron chi connectivity index (χ1n) is 7.26. The van der Waals surface area contributed by atoms with E-state index in [-0.39, 0.29) is 5.82 Å². The van der Waals surface area contributed by atoms with Gasteiger partial charge in [0.2, 0.25) is 0 Å². The summed E-state index contributed by atoms with van der Waals surface area (Å²) < 4.78 is 13.7. The second kappa shape index (κ2) is 6.35. The molecule has 0 amide bonds. The van der Waals surface area contributed by atoms with E-state index in [9.17, 15) is 4.39 Å². The lowest BCUT2D eigenvalue weighted by atomic mass is 10.2. The number of benzene rings is 2. The average molecular weight is 305 g/mol. The summed E-state index contributed by atoms with van der Waals surface area (Å²) in [4.78, 5) is 2.38. The predicted octanol–water partition coefficient (Wildman–Crippen LogP) is 4.69. The summed E-state index contributed by atoms with van der Waals surface area (Å²) in [6, 6.07) is 13.0. The van der Waals surface area contributed by atoms with Crippen LogP contribution in [0.3, 0.4) is 0 Å². The molecule has 0 radical (unpaired) electrons. The first-order chi connectivity index (χ1) is 10.2. The molecule has 1 saturated heterocycles. The molecule has 0 aliphatic carbocycles. The summed E-state index contributed by atoms with van der Waals surface area (Å²) >= 11 is 6.04. The van der Waals surface area contributed by atoms with E-state index in [1.165, 1.54) is 24.6 Å². The van der Waals surface area contributed by atoms with Crippen LogP contribution in [0.15, 0.2) is 42.5 Å². The third-order valence-electron chi connectivity index (χ3n) is 3.85. The van der Waals surface area contributed by atoms with Gasteiger partial charge in [0.05, 0.1) is 0 Å². The second-order valence-corrected chi connectivity index (χ2v) is 5.71. The fourth-order valence-electron chi connectivity index (χ4n) is 2.68. The molecule has 0 saturated carbocycles. The van der Waals surface area contributed by atoms with E-state index in [2.05, 4.69) is 22.3 Å². The van der Waals surface area contributed by atoms with Gasteiger partial charge >= 0.3 is 0 Å². The largest absolute Gasteiger partial charge is 0.381 e. The molecular weight excluding hydrogens is 287 g/mol. The molecule has 0 bridgehead atoms. The summed E-state index contributed by atoms with van der Waals surface area (Å²) in [7, 11) is 0. The number of nitrogens with zero attached hydrogens (tertiary/aromatic N) is 1. The highest BCUT2D eigenvalue weighted by molar-refractivity contribution is 6.31. The van der Waals surface area contributed by atoms with Crippen LogP contribution in [0.2, 0.25) is 5.02 Å². The lowest BCUT2D eigenvalue weighted by molar-refractivity contribution is 0.613. The monoisotopic (exact) mass is 304 g/mol. The summed E-state index contributed by atoms with van der Waals surface area (Å²) in [5, 5.41) is 3.71. The van der Waals surface area contributed by atoms with E-state index in [1.54, 1.807) is 12.1 Å². The highest BCUT2D eigenvalue weighted by Crippen LogP contribution is 2.25. The van der Waals surface area contributed by atoms with Crippen LogP contribution >= 0.6 is 11.6 Å². The molecule has 1 aliphatic heterocycles. The van der Waals surface area contributed by atoms with Gasteiger partial charge in [0.15, 0.2) is 0 Å². The van der Waals surface area contributed by atoms with Crippen LogP contribution in [-0.4, -0.2) is 13.1 Å². The number of halogens is 2. The van der Waals surface area contributed by atoms with E-state index in [1.807, 2.05) is 12.1 Å². The highest BCUT2D eigenvalue weighted by atomic mass is 35.5. The zero-order valence-corrected chi connectivity index (χ0v) is 12.5. The standard InChI is InChI=1S/C17H18ClFN2/c18-16-7-4-8-17(19)15(16)12-20-13-5-3-6-14(11-13)21-9-1-2-10-21/h3-8,11,20H,1-2,9-10,12H2. The number of hydrogen-bond donors (Lipinski definition) is 1. The van der Waals surface area contributed by atoms with Crippen molar-refractivity contribution >= 4 is 23.0 Å². The van der Waals surface area contributed by atoms with Crippen LogP contribution in [0.5, 0.6) is 0 Å². The van der Waals surface area contributed by atoms with E-state index < -0.39 is 0 Å². The van der Waals surface area contributed by atoms with Crippen molar-refractivity contribution in [3.63, 3.8) is 0 Å². The Morgan fingerprint density at radius 2 is 1.86 bits per heavy atom. The third-order valence-corrected chi connectivity index (χ3v) is 4.20. The molecule has 0 spiro atoms. The van der Waals surface area contributed by atoms with Gasteiger partial charge < -0.3 is 10.2 Å². The number of rotatable bonds is 4. The van der Waals surface area contributed by atoms with Crippen LogP contribution in [0.1, 0.15) is 18.4 Å². The Bertz CT molecular complexity index is 604. The van der Waals surface area contributed by atoms with Gasteiger partial charge in [0.25, 0.3) is 0 Å². The molecule has 2 aromatic carbocycles.